The molecule has 0 aromatic heterocycles. The lowest BCUT2D eigenvalue weighted by Crippen LogP contribution is -2.47. The summed E-state index contributed by atoms with van der Waals surface area (Å²) in [6.07, 6.45) is 5.04. The molecular formula is C13H22N2O3. The highest BCUT2D eigenvalue weighted by atomic mass is 16.4. The van der Waals surface area contributed by atoms with Gasteiger partial charge in [-0.05, 0) is 25.7 Å². The lowest BCUT2D eigenvalue weighted by Gasteiger charge is -2.33. The second-order valence-corrected chi connectivity index (χ2v) is 4.76. The minimum atomic E-state index is -0.804. The molecule has 0 aliphatic carbocycles. The maximum atomic E-state index is 12.1. The number of carboxylic acids is 1. The Morgan fingerprint density at radius 3 is 2.89 bits per heavy atom. The van der Waals surface area contributed by atoms with Crippen LogP contribution in [0.2, 0.25) is 0 Å². The van der Waals surface area contributed by atoms with E-state index >= 15 is 0 Å². The van der Waals surface area contributed by atoms with Crippen LogP contribution >= 0.6 is 0 Å². The standard InChI is InChI=1S/C13H22N2O3/c1-3-4-5-8-14(2)13(18)15-9-6-7-11(10-15)12(16)17/h3,11H,1,4-10H2,2H3,(H,16,17)/t11-/m1/s1. The largest absolute Gasteiger partial charge is 0.481 e. The zero-order chi connectivity index (χ0) is 13.5. The van der Waals surface area contributed by atoms with E-state index in [0.29, 0.717) is 26.1 Å². The number of unbranched alkanes of at least 4 members (excludes halogenated alkanes) is 1. The second-order valence-electron chi connectivity index (χ2n) is 4.76. The van der Waals surface area contributed by atoms with Crippen molar-refractivity contribution in [3.63, 3.8) is 0 Å². The van der Waals surface area contributed by atoms with E-state index in [9.17, 15) is 9.59 Å². The van der Waals surface area contributed by atoms with Crippen LogP contribution in [0.4, 0.5) is 4.79 Å². The topological polar surface area (TPSA) is 60.9 Å². The summed E-state index contributed by atoms with van der Waals surface area (Å²) in [5.74, 6) is -1.22. The molecule has 0 radical (unpaired) electrons. The van der Waals surface area contributed by atoms with E-state index in [1.807, 2.05) is 6.08 Å². The number of nitrogens with zero attached hydrogens (tertiary/aromatic N) is 2. The summed E-state index contributed by atoms with van der Waals surface area (Å²) in [7, 11) is 1.76. The molecule has 0 aromatic carbocycles. The third kappa shape index (κ3) is 4.05. The van der Waals surface area contributed by atoms with Gasteiger partial charge in [0.2, 0.25) is 0 Å². The molecular weight excluding hydrogens is 232 g/mol. The summed E-state index contributed by atoms with van der Waals surface area (Å²) in [5.41, 5.74) is 0. The molecule has 1 aliphatic heterocycles. The Morgan fingerprint density at radius 2 is 2.28 bits per heavy atom. The summed E-state index contributed by atoms with van der Waals surface area (Å²) in [6.45, 7) is 5.32. The second kappa shape index (κ2) is 7.03. The Kier molecular flexibility index (Phi) is 5.68. The molecule has 0 spiro atoms. The van der Waals surface area contributed by atoms with Gasteiger partial charge in [0.05, 0.1) is 5.92 Å². The lowest BCUT2D eigenvalue weighted by atomic mass is 9.99. The van der Waals surface area contributed by atoms with Crippen molar-refractivity contribution in [3.05, 3.63) is 12.7 Å². The van der Waals surface area contributed by atoms with Crippen LogP contribution in [0.5, 0.6) is 0 Å². The molecule has 102 valence electrons. The number of rotatable bonds is 5. The fraction of sp³-hybridized carbons (Fsp3) is 0.692. The molecule has 1 fully saturated rings. The zero-order valence-corrected chi connectivity index (χ0v) is 11.0. The van der Waals surface area contributed by atoms with Crippen LogP contribution in [0.3, 0.4) is 0 Å². The highest BCUT2D eigenvalue weighted by Gasteiger charge is 2.29. The molecule has 18 heavy (non-hydrogen) atoms. The number of likely N-dealkylation sites (tertiary alicyclic amines) is 1. The predicted octanol–water partition coefficient (Wildman–Crippen LogP) is 1.80. The maximum absolute atomic E-state index is 12.1. The number of amides is 2. The Bertz CT molecular complexity index is 317. The maximum Gasteiger partial charge on any atom is 0.319 e. The number of hydrogen-bond donors (Lipinski definition) is 1. The van der Waals surface area contributed by atoms with Gasteiger partial charge in [0.15, 0.2) is 0 Å². The first-order valence-electron chi connectivity index (χ1n) is 6.40. The minimum Gasteiger partial charge on any atom is -0.481 e. The van der Waals surface area contributed by atoms with Gasteiger partial charge in [-0.25, -0.2) is 4.79 Å². The molecule has 5 nitrogen and oxygen atoms in total. The van der Waals surface area contributed by atoms with Gasteiger partial charge >= 0.3 is 12.0 Å². The van der Waals surface area contributed by atoms with Crippen LogP contribution in [-0.2, 0) is 4.79 Å². The first kappa shape index (κ1) is 14.5. The van der Waals surface area contributed by atoms with Gasteiger partial charge in [0, 0.05) is 26.7 Å². The lowest BCUT2D eigenvalue weighted by molar-refractivity contribution is -0.143. The van der Waals surface area contributed by atoms with Crippen LogP contribution in [0.15, 0.2) is 12.7 Å². The monoisotopic (exact) mass is 254 g/mol. The van der Waals surface area contributed by atoms with Gasteiger partial charge in [0.1, 0.15) is 0 Å². The molecule has 1 atom stereocenters. The summed E-state index contributed by atoms with van der Waals surface area (Å²) >= 11 is 0. The fourth-order valence-electron chi connectivity index (χ4n) is 2.16. The number of carbonyl (C=O) groups excluding carboxylic acids is 1. The molecule has 2 amide bonds. The molecule has 1 saturated heterocycles. The first-order valence-corrected chi connectivity index (χ1v) is 6.40. The van der Waals surface area contributed by atoms with Gasteiger partial charge in [0.25, 0.3) is 0 Å². The van der Waals surface area contributed by atoms with Crippen molar-refractivity contribution in [1.82, 2.24) is 9.80 Å². The fourth-order valence-corrected chi connectivity index (χ4v) is 2.16. The SMILES string of the molecule is C=CCCCN(C)C(=O)N1CCC[C@@H](C(=O)O)C1. The number of carboxylic acid groups (broad SMARTS) is 1. The smallest absolute Gasteiger partial charge is 0.319 e. The van der Waals surface area contributed by atoms with E-state index < -0.39 is 11.9 Å². The molecule has 0 aromatic rings. The van der Waals surface area contributed by atoms with Crippen LogP contribution in [-0.4, -0.2) is 53.6 Å². The Labute approximate surface area is 108 Å². The van der Waals surface area contributed by atoms with Crippen molar-refractivity contribution in [2.45, 2.75) is 25.7 Å². The number of urea groups is 1. The van der Waals surface area contributed by atoms with E-state index in [2.05, 4.69) is 6.58 Å². The van der Waals surface area contributed by atoms with Crippen LogP contribution < -0.4 is 0 Å². The minimum absolute atomic E-state index is 0.0648. The Hall–Kier alpha value is -1.52. The molecule has 0 bridgehead atoms. The molecule has 5 heteroatoms. The normalized spacial score (nSPS) is 19.4. The first-order chi connectivity index (χ1) is 8.56. The third-order valence-corrected chi connectivity index (χ3v) is 3.27. The predicted molar refractivity (Wildman–Crippen MR) is 69.4 cm³/mol. The van der Waals surface area contributed by atoms with Crippen molar-refractivity contribution in [1.29, 1.82) is 0 Å². The number of hydrogen-bond acceptors (Lipinski definition) is 2. The van der Waals surface area contributed by atoms with Gasteiger partial charge in [-0.1, -0.05) is 6.08 Å². The highest BCUT2D eigenvalue weighted by Crippen LogP contribution is 2.17. The average molecular weight is 254 g/mol. The van der Waals surface area contributed by atoms with Crippen molar-refractivity contribution in [2.24, 2.45) is 5.92 Å². The van der Waals surface area contributed by atoms with E-state index in [1.165, 1.54) is 0 Å². The van der Waals surface area contributed by atoms with Gasteiger partial charge in [-0.2, -0.15) is 0 Å². The van der Waals surface area contributed by atoms with Crippen molar-refractivity contribution < 1.29 is 14.7 Å². The molecule has 1 rings (SSSR count). The van der Waals surface area contributed by atoms with E-state index in [-0.39, 0.29) is 6.03 Å². The summed E-state index contributed by atoms with van der Waals surface area (Å²) in [4.78, 5) is 26.3. The summed E-state index contributed by atoms with van der Waals surface area (Å²) in [5, 5.41) is 8.99. The van der Waals surface area contributed by atoms with E-state index in [0.717, 1.165) is 19.3 Å². The zero-order valence-electron chi connectivity index (χ0n) is 11.0. The van der Waals surface area contributed by atoms with Crippen molar-refractivity contribution in [3.8, 4) is 0 Å². The van der Waals surface area contributed by atoms with E-state index in [4.69, 9.17) is 5.11 Å². The summed E-state index contributed by atoms with van der Waals surface area (Å²) in [6, 6.07) is -0.0648. The van der Waals surface area contributed by atoms with Crippen LogP contribution in [0, 0.1) is 5.92 Å². The van der Waals surface area contributed by atoms with Crippen LogP contribution in [0.1, 0.15) is 25.7 Å². The van der Waals surface area contributed by atoms with Crippen molar-refractivity contribution >= 4 is 12.0 Å². The van der Waals surface area contributed by atoms with Gasteiger partial charge in [-0.15, -0.1) is 6.58 Å². The number of allylic oxidation sites excluding steroid dienone is 1. The molecule has 1 aliphatic rings. The molecule has 1 heterocycles. The Morgan fingerprint density at radius 1 is 1.56 bits per heavy atom. The average Bonchev–Trinajstić information content (AvgIpc) is 2.38. The Balaban J connectivity index is 2.44. The molecule has 1 N–H and O–H groups in total. The molecule has 0 saturated carbocycles. The van der Waals surface area contributed by atoms with Gasteiger partial charge in [-0.3, -0.25) is 4.79 Å². The number of carbonyl (C=O) groups is 2. The van der Waals surface area contributed by atoms with Crippen LogP contribution in [0.25, 0.3) is 0 Å². The third-order valence-electron chi connectivity index (χ3n) is 3.27. The number of piperidine rings is 1. The number of aliphatic carboxylic acids is 1. The molecule has 0 unspecified atom stereocenters. The summed E-state index contributed by atoms with van der Waals surface area (Å²) < 4.78 is 0. The highest BCUT2D eigenvalue weighted by molar-refractivity contribution is 5.76. The van der Waals surface area contributed by atoms with E-state index in [1.54, 1.807) is 16.8 Å². The van der Waals surface area contributed by atoms with Gasteiger partial charge < -0.3 is 14.9 Å². The quantitative estimate of drug-likeness (QED) is 0.601. The van der Waals surface area contributed by atoms with Crippen molar-refractivity contribution in [2.75, 3.05) is 26.7 Å².